The molecule has 0 unspecified atom stereocenters. The molecule has 1 fully saturated rings. The number of likely N-dealkylation sites (N-methyl/N-ethyl adjacent to an activating group) is 1. The molecule has 3 heterocycles. The topological polar surface area (TPSA) is 127 Å². The van der Waals surface area contributed by atoms with E-state index in [1.807, 2.05) is 11.9 Å². The molecule has 2 aromatic heterocycles. The number of nitrogens with one attached hydrogen (secondary N) is 2. The standard InChI is InChI=1S/C25H28F3N9O/c1-16-23(37(30)14-22(29)18-11-31-15-32-12-18)7-17(13-33-16)24(38)34-20-8-19(25(26,27)28)9-21(10-20)36-5-3-35(2)4-6-36/h7-13,15,29H,3-6,14,30H2,1-2H3,(H,34,38). The largest absolute Gasteiger partial charge is 0.416 e. The number of amides is 1. The van der Waals surface area contributed by atoms with Crippen molar-refractivity contribution in [3.05, 3.63) is 71.6 Å². The molecule has 10 nitrogen and oxygen atoms in total. The maximum atomic E-state index is 13.7. The molecule has 0 spiro atoms. The highest BCUT2D eigenvalue weighted by molar-refractivity contribution is 6.05. The second kappa shape index (κ2) is 11.1. The van der Waals surface area contributed by atoms with Crippen LogP contribution in [0.2, 0.25) is 0 Å². The minimum atomic E-state index is -4.57. The van der Waals surface area contributed by atoms with Gasteiger partial charge in [-0.05, 0) is 38.2 Å². The Morgan fingerprint density at radius 2 is 1.76 bits per heavy atom. The zero-order valence-electron chi connectivity index (χ0n) is 21.0. The lowest BCUT2D eigenvalue weighted by Gasteiger charge is -2.34. The Hall–Kier alpha value is -4.10. The average Bonchev–Trinajstić information content (AvgIpc) is 2.89. The molecule has 4 N–H and O–H groups in total. The highest BCUT2D eigenvalue weighted by Crippen LogP contribution is 2.35. The van der Waals surface area contributed by atoms with Crippen molar-refractivity contribution < 1.29 is 18.0 Å². The number of carbonyl (C=O) groups is 1. The summed E-state index contributed by atoms with van der Waals surface area (Å²) in [5.41, 5.74) is 1.22. The molecule has 13 heteroatoms. The summed E-state index contributed by atoms with van der Waals surface area (Å²) in [6.45, 7) is 4.28. The number of rotatable bonds is 7. The highest BCUT2D eigenvalue weighted by Gasteiger charge is 2.32. The number of aromatic nitrogens is 3. The number of anilines is 3. The van der Waals surface area contributed by atoms with Crippen LogP contribution in [0.15, 0.2) is 49.2 Å². The fourth-order valence-corrected chi connectivity index (χ4v) is 4.04. The van der Waals surface area contributed by atoms with Gasteiger partial charge in [-0.25, -0.2) is 15.8 Å². The Morgan fingerprint density at radius 1 is 1.08 bits per heavy atom. The monoisotopic (exact) mass is 527 g/mol. The molecule has 4 rings (SSSR count). The molecule has 0 bridgehead atoms. The lowest BCUT2D eigenvalue weighted by molar-refractivity contribution is -0.137. The van der Waals surface area contributed by atoms with Crippen LogP contribution in [0.25, 0.3) is 0 Å². The van der Waals surface area contributed by atoms with Gasteiger partial charge in [0.1, 0.15) is 6.33 Å². The van der Waals surface area contributed by atoms with Crippen molar-refractivity contribution in [1.29, 1.82) is 5.41 Å². The fraction of sp³-hybridized carbons (Fsp3) is 0.320. The number of aryl methyl sites for hydroxylation is 1. The van der Waals surface area contributed by atoms with Gasteiger partial charge in [-0.2, -0.15) is 13.2 Å². The molecule has 0 saturated carbocycles. The van der Waals surface area contributed by atoms with E-state index in [1.54, 1.807) is 13.0 Å². The van der Waals surface area contributed by atoms with Crippen LogP contribution >= 0.6 is 0 Å². The third-order valence-corrected chi connectivity index (χ3v) is 6.24. The van der Waals surface area contributed by atoms with E-state index in [0.29, 0.717) is 35.7 Å². The number of hydrazine groups is 1. The quantitative estimate of drug-likeness (QED) is 0.243. The first kappa shape index (κ1) is 26.9. The van der Waals surface area contributed by atoms with E-state index in [0.717, 1.165) is 25.2 Å². The SMILES string of the molecule is Cc1ncc(C(=O)Nc2cc(N3CCN(C)CC3)cc(C(F)(F)F)c2)cc1N(N)CC(=N)c1cncnc1. The molecule has 1 amide bonds. The maximum absolute atomic E-state index is 13.7. The minimum Gasteiger partial charge on any atom is -0.369 e. The number of hydrogen-bond acceptors (Lipinski definition) is 9. The van der Waals surface area contributed by atoms with Crippen LogP contribution < -0.4 is 21.1 Å². The second-order valence-electron chi connectivity index (χ2n) is 9.07. The first-order chi connectivity index (χ1) is 18.0. The molecule has 1 aromatic carbocycles. The fourth-order valence-electron chi connectivity index (χ4n) is 4.04. The maximum Gasteiger partial charge on any atom is 0.416 e. The van der Waals surface area contributed by atoms with Gasteiger partial charge in [0.2, 0.25) is 0 Å². The predicted octanol–water partition coefficient (Wildman–Crippen LogP) is 2.95. The van der Waals surface area contributed by atoms with Crippen LogP contribution in [0.1, 0.15) is 27.2 Å². The third-order valence-electron chi connectivity index (χ3n) is 6.24. The van der Waals surface area contributed by atoms with Crippen molar-refractivity contribution in [3.8, 4) is 0 Å². The summed E-state index contributed by atoms with van der Waals surface area (Å²) in [5.74, 6) is 5.54. The molecule has 0 aliphatic carbocycles. The normalized spacial score (nSPS) is 14.3. The molecule has 0 atom stereocenters. The molecule has 0 radical (unpaired) electrons. The van der Waals surface area contributed by atoms with Gasteiger partial charge in [0.25, 0.3) is 5.91 Å². The molecular weight excluding hydrogens is 499 g/mol. The molecule has 3 aromatic rings. The van der Waals surface area contributed by atoms with E-state index < -0.39 is 17.6 Å². The summed E-state index contributed by atoms with van der Waals surface area (Å²) < 4.78 is 41.0. The Labute approximate surface area is 217 Å². The van der Waals surface area contributed by atoms with Crippen molar-refractivity contribution in [1.82, 2.24) is 19.9 Å². The van der Waals surface area contributed by atoms with Gasteiger partial charge in [-0.1, -0.05) is 0 Å². The molecule has 200 valence electrons. The van der Waals surface area contributed by atoms with Gasteiger partial charge in [0, 0.05) is 61.7 Å². The number of nitrogens with zero attached hydrogens (tertiary/aromatic N) is 6. The van der Waals surface area contributed by atoms with E-state index in [-0.39, 0.29) is 23.5 Å². The van der Waals surface area contributed by atoms with Crippen molar-refractivity contribution in [2.45, 2.75) is 13.1 Å². The molecule has 38 heavy (non-hydrogen) atoms. The summed E-state index contributed by atoms with van der Waals surface area (Å²) in [6.07, 6.45) is 1.08. The van der Waals surface area contributed by atoms with Gasteiger partial charge in [0.15, 0.2) is 0 Å². The number of alkyl halides is 3. The number of piperazine rings is 1. The number of benzene rings is 1. The predicted molar refractivity (Wildman–Crippen MR) is 138 cm³/mol. The summed E-state index contributed by atoms with van der Waals surface area (Å²) in [5, 5.41) is 12.1. The summed E-state index contributed by atoms with van der Waals surface area (Å²) in [7, 11) is 1.96. The lowest BCUT2D eigenvalue weighted by Crippen LogP contribution is -2.44. The second-order valence-corrected chi connectivity index (χ2v) is 9.07. The molecule has 1 aliphatic heterocycles. The first-order valence-corrected chi connectivity index (χ1v) is 11.8. The Bertz CT molecular complexity index is 1310. The van der Waals surface area contributed by atoms with E-state index in [2.05, 4.69) is 25.2 Å². The molecular formula is C25H28F3N9O. The number of halogens is 3. The molecule has 1 saturated heterocycles. The summed E-state index contributed by atoms with van der Waals surface area (Å²) in [6, 6.07) is 5.05. The van der Waals surface area contributed by atoms with Gasteiger partial charge in [-0.15, -0.1) is 0 Å². The van der Waals surface area contributed by atoms with E-state index in [4.69, 9.17) is 11.3 Å². The number of pyridine rings is 1. The van der Waals surface area contributed by atoms with Crippen molar-refractivity contribution >= 4 is 28.7 Å². The number of nitrogens with two attached hydrogens (primary N) is 1. The van der Waals surface area contributed by atoms with E-state index >= 15 is 0 Å². The average molecular weight is 528 g/mol. The highest BCUT2D eigenvalue weighted by atomic mass is 19.4. The van der Waals surface area contributed by atoms with Crippen molar-refractivity contribution in [2.75, 3.05) is 55.0 Å². The van der Waals surface area contributed by atoms with Gasteiger partial charge in [0.05, 0.1) is 34.8 Å². The van der Waals surface area contributed by atoms with E-state index in [9.17, 15) is 18.0 Å². The van der Waals surface area contributed by atoms with E-state index in [1.165, 1.54) is 36.0 Å². The van der Waals surface area contributed by atoms with Gasteiger partial charge >= 0.3 is 6.18 Å². The number of carbonyl (C=O) groups excluding carboxylic acids is 1. The minimum absolute atomic E-state index is 0.0109. The first-order valence-electron chi connectivity index (χ1n) is 11.8. The van der Waals surface area contributed by atoms with Crippen LogP contribution in [0.4, 0.5) is 30.2 Å². The van der Waals surface area contributed by atoms with Crippen LogP contribution in [0, 0.1) is 12.3 Å². The van der Waals surface area contributed by atoms with Crippen molar-refractivity contribution in [2.24, 2.45) is 5.84 Å². The van der Waals surface area contributed by atoms with Gasteiger partial charge < -0.3 is 25.5 Å². The zero-order valence-corrected chi connectivity index (χ0v) is 21.0. The summed E-state index contributed by atoms with van der Waals surface area (Å²) >= 11 is 0. The van der Waals surface area contributed by atoms with Crippen LogP contribution in [-0.2, 0) is 6.18 Å². The zero-order chi connectivity index (χ0) is 27.4. The Morgan fingerprint density at radius 3 is 2.42 bits per heavy atom. The van der Waals surface area contributed by atoms with Gasteiger partial charge in [-0.3, -0.25) is 9.78 Å². The lowest BCUT2D eigenvalue weighted by atomic mass is 10.1. The summed E-state index contributed by atoms with van der Waals surface area (Å²) in [4.78, 5) is 29.0. The Kier molecular flexibility index (Phi) is 7.88. The van der Waals surface area contributed by atoms with Crippen LogP contribution in [0.5, 0.6) is 0 Å². The Balaban J connectivity index is 1.55. The smallest absolute Gasteiger partial charge is 0.369 e. The third kappa shape index (κ3) is 6.42. The van der Waals surface area contributed by atoms with Crippen molar-refractivity contribution in [3.63, 3.8) is 0 Å². The number of hydrogen-bond donors (Lipinski definition) is 3. The van der Waals surface area contributed by atoms with Crippen LogP contribution in [-0.4, -0.2) is 71.2 Å². The van der Waals surface area contributed by atoms with Crippen LogP contribution in [0.3, 0.4) is 0 Å². The molecule has 1 aliphatic rings.